The molecular formula is C19H23F3N4O3S. The van der Waals surface area contributed by atoms with E-state index in [4.69, 9.17) is 0 Å². The minimum absolute atomic E-state index is 0.0760. The predicted octanol–water partition coefficient (Wildman–Crippen LogP) is 2.51. The number of carbonyl (C=O) groups is 1. The lowest BCUT2D eigenvalue weighted by Gasteiger charge is -2.31. The second kappa shape index (κ2) is 8.76. The Labute approximate surface area is 172 Å². The molecule has 1 aromatic heterocycles. The van der Waals surface area contributed by atoms with Gasteiger partial charge in [0.15, 0.2) is 0 Å². The van der Waals surface area contributed by atoms with Crippen LogP contribution in [0.4, 0.5) is 13.2 Å². The van der Waals surface area contributed by atoms with Crippen LogP contribution in [0.5, 0.6) is 0 Å². The number of amides is 1. The molecular weight excluding hydrogens is 421 g/mol. The van der Waals surface area contributed by atoms with Crippen LogP contribution >= 0.6 is 0 Å². The van der Waals surface area contributed by atoms with Crippen LogP contribution in [0.1, 0.15) is 25.3 Å². The number of nitrogens with one attached hydrogen (secondary N) is 1. The number of hydrogen-bond acceptors (Lipinski definition) is 4. The normalized spacial score (nSPS) is 17.6. The minimum atomic E-state index is -4.62. The Morgan fingerprint density at radius 3 is 2.60 bits per heavy atom. The first-order valence-corrected chi connectivity index (χ1v) is 10.9. The van der Waals surface area contributed by atoms with E-state index in [1.165, 1.54) is 0 Å². The molecule has 2 aromatic rings. The van der Waals surface area contributed by atoms with Crippen molar-refractivity contribution >= 4 is 15.9 Å². The standard InChI is InChI=1S/C19H23F3N4O3S/c1-14(12-25-10-7-23-13-25)24-18(27)15-5-8-26(9-6-15)30(28,29)17-4-2-3-16(11-17)19(20,21)22/h2-4,7,10-11,13-15H,5-6,8-9,12H2,1H3,(H,24,27). The van der Waals surface area contributed by atoms with E-state index in [0.717, 1.165) is 22.5 Å². The van der Waals surface area contributed by atoms with E-state index in [2.05, 4.69) is 10.3 Å². The second-order valence-electron chi connectivity index (χ2n) is 7.37. The van der Waals surface area contributed by atoms with Crippen LogP contribution in [-0.2, 0) is 27.5 Å². The number of benzene rings is 1. The third-order valence-corrected chi connectivity index (χ3v) is 6.95. The van der Waals surface area contributed by atoms with Crippen LogP contribution in [0.3, 0.4) is 0 Å². The van der Waals surface area contributed by atoms with Crippen molar-refractivity contribution in [1.29, 1.82) is 0 Å². The molecule has 30 heavy (non-hydrogen) atoms. The van der Waals surface area contributed by atoms with E-state index in [-0.39, 0.29) is 31.0 Å². The molecule has 0 spiro atoms. The van der Waals surface area contributed by atoms with Crippen molar-refractivity contribution in [2.75, 3.05) is 13.1 Å². The van der Waals surface area contributed by atoms with Gasteiger partial charge in [-0.1, -0.05) is 6.07 Å². The van der Waals surface area contributed by atoms with Gasteiger partial charge in [0, 0.05) is 44.0 Å². The van der Waals surface area contributed by atoms with Crippen molar-refractivity contribution < 1.29 is 26.4 Å². The van der Waals surface area contributed by atoms with Gasteiger partial charge in [-0.15, -0.1) is 0 Å². The van der Waals surface area contributed by atoms with Crippen molar-refractivity contribution in [3.8, 4) is 0 Å². The number of carbonyl (C=O) groups excluding carboxylic acids is 1. The summed E-state index contributed by atoms with van der Waals surface area (Å²) in [5, 5.41) is 2.92. The highest BCUT2D eigenvalue weighted by Gasteiger charge is 2.35. The maximum absolute atomic E-state index is 12.9. The summed E-state index contributed by atoms with van der Waals surface area (Å²) >= 11 is 0. The molecule has 0 radical (unpaired) electrons. The number of nitrogens with zero attached hydrogens (tertiary/aromatic N) is 3. The van der Waals surface area contributed by atoms with Crippen LogP contribution in [0, 0.1) is 5.92 Å². The first-order valence-electron chi connectivity index (χ1n) is 9.51. The van der Waals surface area contributed by atoms with Gasteiger partial charge in [-0.05, 0) is 38.0 Å². The van der Waals surface area contributed by atoms with E-state index in [1.54, 1.807) is 18.7 Å². The van der Waals surface area contributed by atoms with Crippen molar-refractivity contribution in [3.63, 3.8) is 0 Å². The van der Waals surface area contributed by atoms with E-state index in [9.17, 15) is 26.4 Å². The summed E-state index contributed by atoms with van der Waals surface area (Å²) in [6.45, 7) is 2.58. The number of alkyl halides is 3. The van der Waals surface area contributed by atoms with Crippen LogP contribution in [0.2, 0.25) is 0 Å². The third kappa shape index (κ3) is 5.20. The van der Waals surface area contributed by atoms with Gasteiger partial charge in [0.05, 0.1) is 16.8 Å². The zero-order valence-electron chi connectivity index (χ0n) is 16.3. The molecule has 1 saturated heterocycles. The van der Waals surface area contributed by atoms with E-state index >= 15 is 0 Å². The quantitative estimate of drug-likeness (QED) is 0.742. The van der Waals surface area contributed by atoms with Gasteiger partial charge in [-0.3, -0.25) is 4.79 Å². The van der Waals surface area contributed by atoms with Gasteiger partial charge in [0.2, 0.25) is 15.9 Å². The number of halogens is 3. The van der Waals surface area contributed by atoms with Crippen molar-refractivity contribution in [2.24, 2.45) is 5.92 Å². The van der Waals surface area contributed by atoms with E-state index < -0.39 is 26.7 Å². The summed E-state index contributed by atoms with van der Waals surface area (Å²) in [7, 11) is -4.06. The molecule has 1 unspecified atom stereocenters. The maximum Gasteiger partial charge on any atom is 0.416 e. The summed E-state index contributed by atoms with van der Waals surface area (Å²) in [6.07, 6.45) is 1.09. The summed E-state index contributed by atoms with van der Waals surface area (Å²) in [6, 6.07) is 3.59. The average Bonchev–Trinajstić information content (AvgIpc) is 3.20. The molecule has 0 bridgehead atoms. The van der Waals surface area contributed by atoms with Crippen molar-refractivity contribution in [3.05, 3.63) is 48.5 Å². The van der Waals surface area contributed by atoms with E-state index in [0.29, 0.717) is 25.5 Å². The third-order valence-electron chi connectivity index (χ3n) is 5.06. The number of sulfonamides is 1. The SMILES string of the molecule is CC(Cn1ccnc1)NC(=O)C1CCN(S(=O)(=O)c2cccc(C(F)(F)F)c2)CC1. The van der Waals surface area contributed by atoms with Gasteiger partial charge in [0.25, 0.3) is 0 Å². The van der Waals surface area contributed by atoms with Crippen LogP contribution < -0.4 is 5.32 Å². The molecule has 0 aliphatic carbocycles. The number of hydrogen-bond donors (Lipinski definition) is 1. The Morgan fingerprint density at radius 2 is 2.00 bits per heavy atom. The Balaban J connectivity index is 1.58. The van der Waals surface area contributed by atoms with Crippen LogP contribution in [-0.4, -0.2) is 47.3 Å². The predicted molar refractivity (Wildman–Crippen MR) is 103 cm³/mol. The Bertz CT molecular complexity index is 969. The summed E-state index contributed by atoms with van der Waals surface area (Å²) in [5.41, 5.74) is -1.01. The molecule has 1 amide bonds. The highest BCUT2D eigenvalue weighted by Crippen LogP contribution is 2.32. The first kappa shape index (κ1) is 22.3. The minimum Gasteiger partial charge on any atom is -0.352 e. The molecule has 1 N–H and O–H groups in total. The summed E-state index contributed by atoms with van der Waals surface area (Å²) < 4.78 is 67.2. The Morgan fingerprint density at radius 1 is 1.30 bits per heavy atom. The molecule has 3 rings (SSSR count). The molecule has 2 heterocycles. The molecule has 1 atom stereocenters. The van der Waals surface area contributed by atoms with Crippen molar-refractivity contribution in [2.45, 2.75) is 43.4 Å². The fourth-order valence-electron chi connectivity index (χ4n) is 3.46. The molecule has 1 aliphatic heterocycles. The first-order chi connectivity index (χ1) is 14.1. The average molecular weight is 444 g/mol. The molecule has 0 saturated carbocycles. The fourth-order valence-corrected chi connectivity index (χ4v) is 4.97. The molecule has 1 aliphatic rings. The van der Waals surface area contributed by atoms with Gasteiger partial charge < -0.3 is 9.88 Å². The Hall–Kier alpha value is -2.40. The molecule has 1 fully saturated rings. The van der Waals surface area contributed by atoms with Gasteiger partial charge in [-0.25, -0.2) is 13.4 Å². The van der Waals surface area contributed by atoms with Crippen LogP contribution in [0.25, 0.3) is 0 Å². The summed E-state index contributed by atoms with van der Waals surface area (Å²) in [5.74, 6) is -0.498. The largest absolute Gasteiger partial charge is 0.416 e. The zero-order chi connectivity index (χ0) is 21.9. The molecule has 7 nitrogen and oxygen atoms in total. The maximum atomic E-state index is 12.9. The smallest absolute Gasteiger partial charge is 0.352 e. The molecule has 11 heteroatoms. The van der Waals surface area contributed by atoms with Gasteiger partial charge >= 0.3 is 6.18 Å². The number of rotatable bonds is 6. The lowest BCUT2D eigenvalue weighted by Crippen LogP contribution is -2.45. The summed E-state index contributed by atoms with van der Waals surface area (Å²) in [4.78, 5) is 16.0. The fraction of sp³-hybridized carbons (Fsp3) is 0.474. The van der Waals surface area contributed by atoms with Crippen molar-refractivity contribution in [1.82, 2.24) is 19.2 Å². The monoisotopic (exact) mass is 444 g/mol. The number of piperidine rings is 1. The highest BCUT2D eigenvalue weighted by atomic mass is 32.2. The number of aromatic nitrogens is 2. The lowest BCUT2D eigenvalue weighted by molar-refractivity contribution is -0.137. The number of imidazole rings is 1. The Kier molecular flexibility index (Phi) is 6.51. The van der Waals surface area contributed by atoms with Crippen LogP contribution in [0.15, 0.2) is 47.9 Å². The molecule has 164 valence electrons. The second-order valence-corrected chi connectivity index (χ2v) is 9.31. The van der Waals surface area contributed by atoms with Gasteiger partial charge in [0.1, 0.15) is 0 Å². The topological polar surface area (TPSA) is 84.3 Å². The zero-order valence-corrected chi connectivity index (χ0v) is 17.2. The van der Waals surface area contributed by atoms with E-state index in [1.807, 2.05) is 11.5 Å². The van der Waals surface area contributed by atoms with Gasteiger partial charge in [-0.2, -0.15) is 17.5 Å². The lowest BCUT2D eigenvalue weighted by atomic mass is 9.97. The molecule has 1 aromatic carbocycles. The highest BCUT2D eigenvalue weighted by molar-refractivity contribution is 7.89.